The number of hydrogen-bond acceptors (Lipinski definition) is 2. The van der Waals surface area contributed by atoms with E-state index in [2.05, 4.69) is 5.32 Å². The normalized spacial score (nSPS) is 12.1. The lowest BCUT2D eigenvalue weighted by Crippen LogP contribution is -2.47. The molecule has 1 aromatic carbocycles. The van der Waals surface area contributed by atoms with Crippen LogP contribution in [0.2, 0.25) is 10.0 Å². The largest absolute Gasteiger partial charge is 0.347 e. The number of carbonyl (C=O) groups is 2. The fourth-order valence-electron chi connectivity index (χ4n) is 2.26. The van der Waals surface area contributed by atoms with Gasteiger partial charge in [0.2, 0.25) is 11.8 Å². The van der Waals surface area contributed by atoms with E-state index >= 15 is 0 Å². The van der Waals surface area contributed by atoms with Gasteiger partial charge in [0, 0.05) is 20.5 Å². The smallest absolute Gasteiger partial charge is 0.244 e. The third kappa shape index (κ3) is 6.40. The van der Waals surface area contributed by atoms with Crippen molar-refractivity contribution in [2.45, 2.75) is 39.2 Å². The summed E-state index contributed by atoms with van der Waals surface area (Å²) < 4.78 is 0. The predicted octanol–water partition coefficient (Wildman–Crippen LogP) is 3.55. The summed E-state index contributed by atoms with van der Waals surface area (Å²) in [5, 5.41) is 3.78. The summed E-state index contributed by atoms with van der Waals surface area (Å²) in [4.78, 5) is 25.8. The number of amides is 2. The molecule has 0 saturated heterocycles. The summed E-state index contributed by atoms with van der Waals surface area (Å²) in [6.45, 7) is 4.04. The fourth-order valence-corrected chi connectivity index (χ4v) is 2.68. The maximum absolute atomic E-state index is 12.2. The third-order valence-corrected chi connectivity index (χ3v) is 4.29. The molecule has 0 radical (unpaired) electrons. The number of benzene rings is 1. The van der Waals surface area contributed by atoms with Crippen LogP contribution in [0.3, 0.4) is 0 Å². The maximum atomic E-state index is 12.2. The van der Waals surface area contributed by atoms with Crippen LogP contribution in [0.5, 0.6) is 0 Å². The number of nitrogens with one attached hydrogen (secondary N) is 1. The van der Waals surface area contributed by atoms with Crippen molar-refractivity contribution in [3.05, 3.63) is 33.8 Å². The Labute approximate surface area is 148 Å². The van der Waals surface area contributed by atoms with Gasteiger partial charge in [-0.3, -0.25) is 9.59 Å². The van der Waals surface area contributed by atoms with E-state index < -0.39 is 6.04 Å². The molecule has 0 aliphatic heterocycles. The predicted molar refractivity (Wildman–Crippen MR) is 94.9 cm³/mol. The van der Waals surface area contributed by atoms with Gasteiger partial charge in [0.05, 0.1) is 10.0 Å². The van der Waals surface area contributed by atoms with Gasteiger partial charge in [-0.1, -0.05) is 49.2 Å². The number of hydrogen-bond donors (Lipinski definition) is 1. The lowest BCUT2D eigenvalue weighted by atomic mass is 10.0. The molecule has 1 unspecified atom stereocenters. The highest BCUT2D eigenvalue weighted by atomic mass is 35.5. The average Bonchev–Trinajstić information content (AvgIpc) is 2.46. The molecule has 0 heterocycles. The first-order valence-corrected chi connectivity index (χ1v) is 8.41. The minimum Gasteiger partial charge on any atom is -0.347 e. The van der Waals surface area contributed by atoms with Gasteiger partial charge in [-0.15, -0.1) is 0 Å². The van der Waals surface area contributed by atoms with Crippen molar-refractivity contribution in [1.82, 2.24) is 10.2 Å². The van der Waals surface area contributed by atoms with Crippen molar-refractivity contribution in [2.24, 2.45) is 5.92 Å². The molecular formula is C17H24Cl2N2O2. The van der Waals surface area contributed by atoms with Crippen LogP contribution in [-0.2, 0) is 16.0 Å². The molecule has 1 rings (SSSR count). The number of nitrogens with zero attached hydrogens (tertiary/aromatic N) is 1. The molecule has 2 amide bonds. The van der Waals surface area contributed by atoms with Crippen LogP contribution in [0.15, 0.2) is 18.2 Å². The second-order valence-corrected chi connectivity index (χ2v) is 6.98. The Morgan fingerprint density at radius 2 is 1.87 bits per heavy atom. The van der Waals surface area contributed by atoms with Gasteiger partial charge >= 0.3 is 0 Å². The molecule has 0 saturated carbocycles. The number of likely N-dealkylation sites (N-methyl/N-ethyl adjacent to an activating group) is 1. The molecule has 128 valence electrons. The Kier molecular flexibility index (Phi) is 7.86. The molecular weight excluding hydrogens is 335 g/mol. The number of carbonyl (C=O) groups excluding carboxylic acids is 2. The lowest BCUT2D eigenvalue weighted by Gasteiger charge is -2.23. The van der Waals surface area contributed by atoms with Crippen LogP contribution in [-0.4, -0.2) is 36.9 Å². The molecule has 0 fully saturated rings. The minimum absolute atomic E-state index is 0.0900. The quantitative estimate of drug-likeness (QED) is 0.810. The Bertz CT molecular complexity index is 560. The molecule has 0 bridgehead atoms. The summed E-state index contributed by atoms with van der Waals surface area (Å²) >= 11 is 12.1. The third-order valence-electron chi connectivity index (χ3n) is 3.43. The second-order valence-electron chi connectivity index (χ2n) is 6.20. The van der Waals surface area contributed by atoms with Gasteiger partial charge in [0.15, 0.2) is 0 Å². The van der Waals surface area contributed by atoms with Gasteiger partial charge in [0.1, 0.15) is 6.04 Å². The molecule has 4 nitrogen and oxygen atoms in total. The number of halogens is 2. The second kappa shape index (κ2) is 9.14. The Hall–Kier alpha value is -1.26. The number of aryl methyl sites for hydroxylation is 1. The highest BCUT2D eigenvalue weighted by Gasteiger charge is 2.23. The van der Waals surface area contributed by atoms with Crippen LogP contribution in [0.4, 0.5) is 0 Å². The maximum Gasteiger partial charge on any atom is 0.244 e. The molecule has 0 spiro atoms. The summed E-state index contributed by atoms with van der Waals surface area (Å²) in [6.07, 6.45) is 1.35. The molecule has 0 aromatic heterocycles. The van der Waals surface area contributed by atoms with Gasteiger partial charge in [-0.05, 0) is 30.4 Å². The summed E-state index contributed by atoms with van der Waals surface area (Å²) in [5.41, 5.74) is 0.827. The first-order valence-electron chi connectivity index (χ1n) is 7.65. The van der Waals surface area contributed by atoms with Gasteiger partial charge in [-0.25, -0.2) is 0 Å². The van der Waals surface area contributed by atoms with E-state index in [1.165, 1.54) is 4.90 Å². The van der Waals surface area contributed by atoms with E-state index in [1.54, 1.807) is 26.2 Å². The molecule has 1 atom stereocenters. The molecule has 1 N–H and O–H groups in total. The minimum atomic E-state index is -0.493. The van der Waals surface area contributed by atoms with Crippen LogP contribution >= 0.6 is 23.2 Å². The van der Waals surface area contributed by atoms with Gasteiger partial charge in [-0.2, -0.15) is 0 Å². The van der Waals surface area contributed by atoms with E-state index in [9.17, 15) is 9.59 Å². The highest BCUT2D eigenvalue weighted by Crippen LogP contribution is 2.26. The highest BCUT2D eigenvalue weighted by molar-refractivity contribution is 6.42. The zero-order chi connectivity index (χ0) is 17.6. The van der Waals surface area contributed by atoms with Crippen LogP contribution in [0.1, 0.15) is 32.3 Å². The van der Waals surface area contributed by atoms with Crippen LogP contribution < -0.4 is 5.32 Å². The first kappa shape index (κ1) is 19.8. The average molecular weight is 359 g/mol. The monoisotopic (exact) mass is 358 g/mol. The molecule has 0 aliphatic rings. The lowest BCUT2D eigenvalue weighted by molar-refractivity contribution is -0.134. The topological polar surface area (TPSA) is 49.4 Å². The van der Waals surface area contributed by atoms with Crippen molar-refractivity contribution >= 4 is 35.0 Å². The fraction of sp³-hybridized carbons (Fsp3) is 0.529. The van der Waals surface area contributed by atoms with Crippen molar-refractivity contribution in [3.8, 4) is 0 Å². The van der Waals surface area contributed by atoms with E-state index in [1.807, 2.05) is 19.9 Å². The van der Waals surface area contributed by atoms with E-state index in [0.717, 1.165) is 5.56 Å². The summed E-state index contributed by atoms with van der Waals surface area (Å²) in [5.74, 6) is 0.0568. The number of rotatable bonds is 7. The Balaban J connectivity index is 2.65. The van der Waals surface area contributed by atoms with Crippen molar-refractivity contribution < 1.29 is 9.59 Å². The zero-order valence-corrected chi connectivity index (χ0v) is 15.5. The molecule has 6 heteroatoms. The molecule has 0 aliphatic carbocycles. The molecule has 1 aromatic rings. The van der Waals surface area contributed by atoms with E-state index in [-0.39, 0.29) is 18.2 Å². The van der Waals surface area contributed by atoms with E-state index in [4.69, 9.17) is 23.2 Å². The first-order chi connectivity index (χ1) is 10.7. The van der Waals surface area contributed by atoms with Crippen molar-refractivity contribution in [1.29, 1.82) is 0 Å². The van der Waals surface area contributed by atoms with Crippen LogP contribution in [0.25, 0.3) is 0 Å². The van der Waals surface area contributed by atoms with Crippen molar-refractivity contribution in [2.75, 3.05) is 14.1 Å². The van der Waals surface area contributed by atoms with Crippen molar-refractivity contribution in [3.63, 3.8) is 0 Å². The SMILES string of the molecule is CC(C)CC(NC(=O)CCc1cccc(Cl)c1Cl)C(=O)N(C)C. The summed E-state index contributed by atoms with van der Waals surface area (Å²) in [6, 6.07) is 4.87. The standard InChI is InChI=1S/C17H24Cl2N2O2/c1-11(2)10-14(17(23)21(3)4)20-15(22)9-8-12-6-5-7-13(18)16(12)19/h5-7,11,14H,8-10H2,1-4H3,(H,20,22). The zero-order valence-electron chi connectivity index (χ0n) is 14.0. The van der Waals surface area contributed by atoms with Crippen LogP contribution in [0, 0.1) is 5.92 Å². The van der Waals surface area contributed by atoms with Gasteiger partial charge in [0.25, 0.3) is 0 Å². The van der Waals surface area contributed by atoms with Gasteiger partial charge < -0.3 is 10.2 Å². The Morgan fingerprint density at radius 3 is 2.43 bits per heavy atom. The molecule has 23 heavy (non-hydrogen) atoms. The summed E-state index contributed by atoms with van der Waals surface area (Å²) in [7, 11) is 3.38. The Morgan fingerprint density at radius 1 is 1.22 bits per heavy atom. The van der Waals surface area contributed by atoms with E-state index in [0.29, 0.717) is 28.8 Å².